The molecule has 0 spiro atoms. The van der Waals surface area contributed by atoms with Crippen molar-refractivity contribution in [3.63, 3.8) is 0 Å². The highest BCUT2D eigenvalue weighted by Crippen LogP contribution is 2.17. The predicted octanol–water partition coefficient (Wildman–Crippen LogP) is 2.58. The highest BCUT2D eigenvalue weighted by Gasteiger charge is 2.33. The van der Waals surface area contributed by atoms with Crippen LogP contribution in [-0.2, 0) is 4.79 Å². The minimum Gasteiger partial charge on any atom is -0.480 e. The van der Waals surface area contributed by atoms with Crippen molar-refractivity contribution >= 4 is 34.5 Å². The lowest BCUT2D eigenvalue weighted by Gasteiger charge is -2.24. The second-order valence-corrected chi connectivity index (χ2v) is 5.59. The van der Waals surface area contributed by atoms with Crippen molar-refractivity contribution in [1.82, 2.24) is 5.32 Å². The number of hydrogen-bond acceptors (Lipinski definition) is 2. The lowest BCUT2D eigenvalue weighted by molar-refractivity contribution is -0.143. The minimum atomic E-state index is -1.23. The van der Waals surface area contributed by atoms with Crippen LogP contribution in [0, 0.1) is 10.5 Å². The molecular formula is C13H16INO3. The number of aliphatic carboxylic acids is 1. The van der Waals surface area contributed by atoms with Gasteiger partial charge in [0.15, 0.2) is 0 Å². The molecule has 1 atom stereocenters. The maximum Gasteiger partial charge on any atom is 0.329 e. The first kappa shape index (κ1) is 14.9. The third kappa shape index (κ3) is 3.22. The fourth-order valence-corrected chi connectivity index (χ4v) is 2.00. The minimum absolute atomic E-state index is 0.330. The number of carbonyl (C=O) groups excluding carboxylic acids is 1. The number of carbonyl (C=O) groups is 2. The first-order valence-corrected chi connectivity index (χ1v) is 6.70. The van der Waals surface area contributed by atoms with Crippen molar-refractivity contribution in [2.45, 2.75) is 32.7 Å². The van der Waals surface area contributed by atoms with Gasteiger partial charge >= 0.3 is 5.97 Å². The van der Waals surface area contributed by atoms with Gasteiger partial charge in [-0.1, -0.05) is 18.6 Å². The Balaban J connectivity index is 3.02. The molecule has 0 saturated carbocycles. The van der Waals surface area contributed by atoms with Gasteiger partial charge in [0, 0.05) is 3.57 Å². The summed E-state index contributed by atoms with van der Waals surface area (Å²) in [5, 5.41) is 11.7. The molecule has 2 N–H and O–H groups in total. The van der Waals surface area contributed by atoms with Crippen molar-refractivity contribution in [2.24, 2.45) is 0 Å². The van der Waals surface area contributed by atoms with E-state index in [4.69, 9.17) is 5.11 Å². The van der Waals surface area contributed by atoms with Crippen LogP contribution in [0.2, 0.25) is 0 Å². The molecule has 0 fully saturated rings. The van der Waals surface area contributed by atoms with Gasteiger partial charge in [-0.2, -0.15) is 0 Å². The molecule has 0 aliphatic heterocycles. The largest absolute Gasteiger partial charge is 0.480 e. The Morgan fingerprint density at radius 2 is 2.06 bits per heavy atom. The Bertz CT molecular complexity index is 487. The standard InChI is InChI=1S/C13H16INO3/c1-4-13(3,12(17)18)15-11(16)9-7-8(2)5-6-10(9)14/h5-7H,4H2,1-3H3,(H,15,16)(H,17,18). The Morgan fingerprint density at radius 3 is 2.56 bits per heavy atom. The van der Waals surface area contributed by atoms with Crippen LogP contribution in [0.1, 0.15) is 36.2 Å². The maximum atomic E-state index is 12.1. The molecular weight excluding hydrogens is 345 g/mol. The topological polar surface area (TPSA) is 66.4 Å². The Hall–Kier alpha value is -1.11. The monoisotopic (exact) mass is 361 g/mol. The average molecular weight is 361 g/mol. The molecule has 1 amide bonds. The van der Waals surface area contributed by atoms with Gasteiger partial charge in [0.2, 0.25) is 0 Å². The number of hydrogen-bond donors (Lipinski definition) is 2. The SMILES string of the molecule is CCC(C)(NC(=O)c1cc(C)ccc1I)C(=O)O. The van der Waals surface area contributed by atoms with Crippen molar-refractivity contribution in [1.29, 1.82) is 0 Å². The molecule has 1 aromatic rings. The zero-order chi connectivity index (χ0) is 13.9. The first-order chi connectivity index (χ1) is 8.30. The van der Waals surface area contributed by atoms with Gasteiger partial charge in [-0.05, 0) is 55.0 Å². The normalized spacial score (nSPS) is 13.8. The van der Waals surface area contributed by atoms with Crippen LogP contribution in [0.4, 0.5) is 0 Å². The lowest BCUT2D eigenvalue weighted by atomic mass is 9.98. The van der Waals surface area contributed by atoms with Crippen LogP contribution in [-0.4, -0.2) is 22.5 Å². The van der Waals surface area contributed by atoms with E-state index < -0.39 is 11.5 Å². The molecule has 0 saturated heterocycles. The molecule has 18 heavy (non-hydrogen) atoms. The summed E-state index contributed by atoms with van der Waals surface area (Å²) in [6.07, 6.45) is 0.330. The number of benzene rings is 1. The van der Waals surface area contributed by atoms with Gasteiger partial charge in [-0.25, -0.2) is 4.79 Å². The van der Waals surface area contributed by atoms with Gasteiger partial charge in [0.25, 0.3) is 5.91 Å². The molecule has 4 nitrogen and oxygen atoms in total. The molecule has 0 aliphatic carbocycles. The highest BCUT2D eigenvalue weighted by molar-refractivity contribution is 14.1. The molecule has 0 heterocycles. The van der Waals surface area contributed by atoms with Gasteiger partial charge < -0.3 is 10.4 Å². The maximum absolute atomic E-state index is 12.1. The van der Waals surface area contributed by atoms with Gasteiger partial charge in [0.05, 0.1) is 5.56 Å². The van der Waals surface area contributed by atoms with E-state index in [1.54, 1.807) is 13.0 Å². The van der Waals surface area contributed by atoms with Crippen molar-refractivity contribution in [3.8, 4) is 0 Å². The van der Waals surface area contributed by atoms with Gasteiger partial charge in [-0.15, -0.1) is 0 Å². The summed E-state index contributed by atoms with van der Waals surface area (Å²) in [4.78, 5) is 23.3. The lowest BCUT2D eigenvalue weighted by Crippen LogP contribution is -2.51. The van der Waals surface area contributed by atoms with E-state index in [2.05, 4.69) is 27.9 Å². The second-order valence-electron chi connectivity index (χ2n) is 4.43. The fraction of sp³-hybridized carbons (Fsp3) is 0.385. The number of halogens is 1. The van der Waals surface area contributed by atoms with Crippen molar-refractivity contribution < 1.29 is 14.7 Å². The Labute approximate surface area is 120 Å². The zero-order valence-electron chi connectivity index (χ0n) is 10.6. The molecule has 0 radical (unpaired) electrons. The van der Waals surface area contributed by atoms with E-state index in [9.17, 15) is 9.59 Å². The second kappa shape index (κ2) is 5.69. The van der Waals surface area contributed by atoms with Crippen LogP contribution in [0.25, 0.3) is 0 Å². The summed E-state index contributed by atoms with van der Waals surface area (Å²) in [5.74, 6) is -1.38. The summed E-state index contributed by atoms with van der Waals surface area (Å²) in [5.41, 5.74) is 0.245. The van der Waals surface area contributed by atoms with Crippen molar-refractivity contribution in [3.05, 3.63) is 32.9 Å². The number of carboxylic acid groups (broad SMARTS) is 1. The number of rotatable bonds is 4. The Morgan fingerprint density at radius 1 is 1.44 bits per heavy atom. The molecule has 5 heteroatoms. The first-order valence-electron chi connectivity index (χ1n) is 5.62. The van der Waals surface area contributed by atoms with E-state index in [1.807, 2.05) is 19.1 Å². The molecule has 1 aromatic carbocycles. The molecule has 98 valence electrons. The summed E-state index contributed by atoms with van der Waals surface area (Å²) in [7, 11) is 0. The molecule has 0 bridgehead atoms. The van der Waals surface area contributed by atoms with Crippen molar-refractivity contribution in [2.75, 3.05) is 0 Å². The quantitative estimate of drug-likeness (QED) is 0.811. The molecule has 0 aliphatic rings. The number of amides is 1. The highest BCUT2D eigenvalue weighted by atomic mass is 127. The summed E-state index contributed by atoms with van der Waals surface area (Å²) in [6.45, 7) is 5.13. The van der Waals surface area contributed by atoms with Crippen LogP contribution < -0.4 is 5.32 Å². The van der Waals surface area contributed by atoms with Crippen LogP contribution >= 0.6 is 22.6 Å². The van der Waals surface area contributed by atoms with Gasteiger partial charge in [0.1, 0.15) is 5.54 Å². The van der Waals surface area contributed by atoms with Crippen LogP contribution in [0.3, 0.4) is 0 Å². The van der Waals surface area contributed by atoms with E-state index in [-0.39, 0.29) is 5.91 Å². The summed E-state index contributed by atoms with van der Waals surface area (Å²) < 4.78 is 0.805. The number of carboxylic acids is 1. The fourth-order valence-electron chi connectivity index (χ4n) is 1.42. The van der Waals surface area contributed by atoms with E-state index in [1.165, 1.54) is 6.92 Å². The average Bonchev–Trinajstić information content (AvgIpc) is 2.31. The molecule has 1 unspecified atom stereocenters. The van der Waals surface area contributed by atoms with Crippen LogP contribution in [0.15, 0.2) is 18.2 Å². The third-order valence-corrected chi connectivity index (χ3v) is 3.88. The number of aryl methyl sites for hydroxylation is 1. The van der Waals surface area contributed by atoms with E-state index in [0.717, 1.165) is 9.13 Å². The predicted molar refractivity (Wildman–Crippen MR) is 77.7 cm³/mol. The van der Waals surface area contributed by atoms with E-state index >= 15 is 0 Å². The smallest absolute Gasteiger partial charge is 0.329 e. The number of nitrogens with one attached hydrogen (secondary N) is 1. The zero-order valence-corrected chi connectivity index (χ0v) is 12.7. The van der Waals surface area contributed by atoms with Gasteiger partial charge in [-0.3, -0.25) is 4.79 Å². The summed E-state index contributed by atoms with van der Waals surface area (Å²) >= 11 is 2.06. The Kier molecular flexibility index (Phi) is 4.72. The van der Waals surface area contributed by atoms with E-state index in [0.29, 0.717) is 12.0 Å². The molecule has 0 aromatic heterocycles. The van der Waals surface area contributed by atoms with Crippen LogP contribution in [0.5, 0.6) is 0 Å². The third-order valence-electron chi connectivity index (χ3n) is 2.94. The molecule has 1 rings (SSSR count). The summed E-state index contributed by atoms with van der Waals surface area (Å²) in [6, 6.07) is 5.51.